The molecule has 4 nitrogen and oxygen atoms in total. The molecule has 2 N–H and O–H groups in total. The van der Waals surface area contributed by atoms with Gasteiger partial charge in [0.15, 0.2) is 0 Å². The van der Waals surface area contributed by atoms with Crippen LogP contribution in [0.15, 0.2) is 30.3 Å². The minimum Gasteiger partial charge on any atom is -0.339 e. The van der Waals surface area contributed by atoms with Crippen molar-refractivity contribution in [3.05, 3.63) is 35.9 Å². The predicted octanol–water partition coefficient (Wildman–Crippen LogP) is 1.26. The van der Waals surface area contributed by atoms with Gasteiger partial charge in [0.2, 0.25) is 5.91 Å². The number of amides is 1. The average Bonchev–Trinajstić information content (AvgIpc) is 2.46. The lowest BCUT2D eigenvalue weighted by atomic mass is 10.1. The third-order valence-corrected chi connectivity index (χ3v) is 3.70. The van der Waals surface area contributed by atoms with Gasteiger partial charge in [0.05, 0.1) is 12.6 Å². The maximum atomic E-state index is 12.3. The molecule has 0 radical (unpaired) electrons. The van der Waals surface area contributed by atoms with Crippen LogP contribution in [0.2, 0.25) is 0 Å². The number of benzene rings is 1. The first-order chi connectivity index (χ1) is 10.3. The summed E-state index contributed by atoms with van der Waals surface area (Å²) in [6, 6.07) is 8.78. The molecule has 22 heavy (non-hydrogen) atoms. The van der Waals surface area contributed by atoms with Gasteiger partial charge in [0, 0.05) is 26.2 Å². The van der Waals surface area contributed by atoms with Crippen LogP contribution in [0.25, 0.3) is 0 Å². The molecule has 1 fully saturated rings. The van der Waals surface area contributed by atoms with Crippen molar-refractivity contribution in [2.45, 2.75) is 18.6 Å². The zero-order valence-electron chi connectivity index (χ0n) is 12.2. The summed E-state index contributed by atoms with van der Waals surface area (Å²) in [6.45, 7) is 0.104. The molecule has 0 unspecified atom stereocenters. The summed E-state index contributed by atoms with van der Waals surface area (Å²) in [7, 11) is 0. The first-order valence-corrected chi connectivity index (χ1v) is 7.22. The van der Waals surface area contributed by atoms with Gasteiger partial charge < -0.3 is 10.6 Å². The first kappa shape index (κ1) is 16.8. The fourth-order valence-electron chi connectivity index (χ4n) is 2.57. The molecule has 1 aromatic rings. The Labute approximate surface area is 127 Å². The van der Waals surface area contributed by atoms with E-state index in [0.29, 0.717) is 6.42 Å². The molecule has 1 saturated heterocycles. The van der Waals surface area contributed by atoms with Gasteiger partial charge in [0.25, 0.3) is 0 Å². The molecule has 1 aromatic carbocycles. The summed E-state index contributed by atoms with van der Waals surface area (Å²) in [6.07, 6.45) is -3.77. The van der Waals surface area contributed by atoms with E-state index in [1.54, 1.807) is 4.90 Å². The minimum absolute atomic E-state index is 0.199. The number of piperazine rings is 1. The highest BCUT2D eigenvalue weighted by atomic mass is 19.4. The van der Waals surface area contributed by atoms with E-state index in [1.807, 2.05) is 30.3 Å². The van der Waals surface area contributed by atoms with Gasteiger partial charge in [-0.05, 0) is 12.0 Å². The Balaban J connectivity index is 1.82. The van der Waals surface area contributed by atoms with Gasteiger partial charge in [0.1, 0.15) is 0 Å². The molecule has 1 heterocycles. The Morgan fingerprint density at radius 2 is 1.73 bits per heavy atom. The summed E-state index contributed by atoms with van der Waals surface area (Å²) in [5.74, 6) is -0.199. The summed E-state index contributed by atoms with van der Waals surface area (Å²) in [4.78, 5) is 15.1. The number of nitrogens with two attached hydrogens (primary N) is 1. The third-order valence-electron chi connectivity index (χ3n) is 3.70. The molecule has 1 amide bonds. The molecule has 122 valence electrons. The van der Waals surface area contributed by atoms with Crippen molar-refractivity contribution in [1.29, 1.82) is 0 Å². The minimum atomic E-state index is -4.20. The largest absolute Gasteiger partial charge is 0.401 e. The van der Waals surface area contributed by atoms with Crippen LogP contribution in [-0.2, 0) is 11.2 Å². The lowest BCUT2D eigenvalue weighted by Crippen LogP contribution is -2.54. The first-order valence-electron chi connectivity index (χ1n) is 7.22. The highest BCUT2D eigenvalue weighted by Crippen LogP contribution is 2.17. The lowest BCUT2D eigenvalue weighted by molar-refractivity contribution is -0.152. The van der Waals surface area contributed by atoms with Gasteiger partial charge in [-0.25, -0.2) is 0 Å². The normalized spacial score (nSPS) is 18.3. The van der Waals surface area contributed by atoms with Crippen molar-refractivity contribution in [2.24, 2.45) is 5.73 Å². The van der Waals surface area contributed by atoms with Gasteiger partial charge in [-0.2, -0.15) is 13.2 Å². The fraction of sp³-hybridized carbons (Fsp3) is 0.533. The molecule has 1 aliphatic heterocycles. The lowest BCUT2D eigenvalue weighted by Gasteiger charge is -2.36. The van der Waals surface area contributed by atoms with Crippen LogP contribution in [-0.4, -0.2) is 60.6 Å². The molecule has 0 aliphatic carbocycles. The smallest absolute Gasteiger partial charge is 0.339 e. The molecule has 0 bridgehead atoms. The molecular weight excluding hydrogens is 295 g/mol. The molecule has 2 rings (SSSR count). The number of carbonyl (C=O) groups is 1. The maximum absolute atomic E-state index is 12.3. The Morgan fingerprint density at radius 3 is 2.27 bits per heavy atom. The van der Waals surface area contributed by atoms with E-state index in [2.05, 4.69) is 0 Å². The van der Waals surface area contributed by atoms with Crippen molar-refractivity contribution >= 4 is 5.91 Å². The highest BCUT2D eigenvalue weighted by molar-refractivity contribution is 5.82. The summed E-state index contributed by atoms with van der Waals surface area (Å²) < 4.78 is 37.0. The monoisotopic (exact) mass is 315 g/mol. The van der Waals surface area contributed by atoms with Crippen LogP contribution >= 0.6 is 0 Å². The van der Waals surface area contributed by atoms with E-state index in [9.17, 15) is 18.0 Å². The average molecular weight is 315 g/mol. The Bertz CT molecular complexity index is 485. The molecule has 0 spiro atoms. The standard InChI is InChI=1S/C15H20F3N3O/c16-15(17,18)11-20-6-8-21(9-7-20)14(22)13(19)10-12-4-2-1-3-5-12/h1-5,13H,6-11,19H2/t13-/m0/s1. The van der Waals surface area contributed by atoms with Crippen LogP contribution in [0.4, 0.5) is 13.2 Å². The summed E-state index contributed by atoms with van der Waals surface area (Å²) in [5, 5.41) is 0. The Kier molecular flexibility index (Phi) is 5.42. The third kappa shape index (κ3) is 4.99. The van der Waals surface area contributed by atoms with Crippen molar-refractivity contribution in [2.75, 3.05) is 32.7 Å². The second-order valence-corrected chi connectivity index (χ2v) is 5.51. The number of carbonyl (C=O) groups excluding carboxylic acids is 1. The molecule has 0 saturated carbocycles. The summed E-state index contributed by atoms with van der Waals surface area (Å²) in [5.41, 5.74) is 6.90. The zero-order valence-corrected chi connectivity index (χ0v) is 12.2. The molecular formula is C15H20F3N3O. The van der Waals surface area contributed by atoms with Crippen LogP contribution < -0.4 is 5.73 Å². The SMILES string of the molecule is N[C@@H](Cc1ccccc1)C(=O)N1CCN(CC(F)(F)F)CC1. The fourth-order valence-corrected chi connectivity index (χ4v) is 2.57. The predicted molar refractivity (Wildman–Crippen MR) is 77.2 cm³/mol. The van der Waals surface area contributed by atoms with E-state index in [4.69, 9.17) is 5.73 Å². The van der Waals surface area contributed by atoms with E-state index < -0.39 is 18.8 Å². The van der Waals surface area contributed by atoms with Crippen molar-refractivity contribution in [1.82, 2.24) is 9.80 Å². The summed E-state index contributed by atoms with van der Waals surface area (Å²) >= 11 is 0. The van der Waals surface area contributed by atoms with Crippen LogP contribution in [0.5, 0.6) is 0 Å². The Morgan fingerprint density at radius 1 is 1.14 bits per heavy atom. The van der Waals surface area contributed by atoms with E-state index in [-0.39, 0.29) is 32.1 Å². The molecule has 1 atom stereocenters. The quantitative estimate of drug-likeness (QED) is 0.910. The van der Waals surface area contributed by atoms with E-state index >= 15 is 0 Å². The number of hydrogen-bond donors (Lipinski definition) is 1. The molecule has 0 aromatic heterocycles. The van der Waals surface area contributed by atoms with E-state index in [0.717, 1.165) is 5.56 Å². The number of rotatable bonds is 4. The van der Waals surface area contributed by atoms with E-state index in [1.165, 1.54) is 4.90 Å². The second kappa shape index (κ2) is 7.11. The van der Waals surface area contributed by atoms with Crippen LogP contribution in [0.3, 0.4) is 0 Å². The highest BCUT2D eigenvalue weighted by Gasteiger charge is 2.33. The number of halogens is 3. The molecule has 1 aliphatic rings. The number of nitrogens with zero attached hydrogens (tertiary/aromatic N) is 2. The number of alkyl halides is 3. The van der Waals surface area contributed by atoms with Crippen molar-refractivity contribution in [3.63, 3.8) is 0 Å². The topological polar surface area (TPSA) is 49.6 Å². The zero-order chi connectivity index (χ0) is 16.2. The molecule has 7 heteroatoms. The van der Waals surface area contributed by atoms with Gasteiger partial charge in [-0.1, -0.05) is 30.3 Å². The van der Waals surface area contributed by atoms with Crippen LogP contribution in [0.1, 0.15) is 5.56 Å². The number of hydrogen-bond acceptors (Lipinski definition) is 3. The van der Waals surface area contributed by atoms with Crippen molar-refractivity contribution < 1.29 is 18.0 Å². The second-order valence-electron chi connectivity index (χ2n) is 5.51. The Hall–Kier alpha value is -1.60. The van der Waals surface area contributed by atoms with Gasteiger partial charge in [-0.15, -0.1) is 0 Å². The van der Waals surface area contributed by atoms with Gasteiger partial charge in [-0.3, -0.25) is 9.69 Å². The van der Waals surface area contributed by atoms with Gasteiger partial charge >= 0.3 is 6.18 Å². The van der Waals surface area contributed by atoms with Crippen molar-refractivity contribution in [3.8, 4) is 0 Å². The van der Waals surface area contributed by atoms with Crippen LogP contribution in [0, 0.1) is 0 Å². The maximum Gasteiger partial charge on any atom is 0.401 e.